The van der Waals surface area contributed by atoms with Gasteiger partial charge in [0.05, 0.1) is 18.8 Å². The Balaban J connectivity index is 1.23. The highest BCUT2D eigenvalue weighted by atomic mass is 19.1. The molecule has 3 aliphatic rings. The third kappa shape index (κ3) is 4.34. The minimum absolute atomic E-state index is 0.160. The van der Waals surface area contributed by atoms with Gasteiger partial charge in [-0.3, -0.25) is 0 Å². The summed E-state index contributed by atoms with van der Waals surface area (Å²) < 4.78 is 22.0. The molecule has 2 heterocycles. The molecule has 169 valence electrons. The zero-order chi connectivity index (χ0) is 22.1. The summed E-state index contributed by atoms with van der Waals surface area (Å²) in [4.78, 5) is 6.75. The van der Waals surface area contributed by atoms with Crippen LogP contribution in [0, 0.1) is 18.2 Å². The lowest BCUT2D eigenvalue weighted by Gasteiger charge is -2.33. The third-order valence-electron chi connectivity index (χ3n) is 7.68. The molecule has 1 aliphatic heterocycles. The van der Waals surface area contributed by atoms with Gasteiger partial charge in [-0.1, -0.05) is 50.3 Å². The number of pyridine rings is 1. The topological polar surface area (TPSA) is 25.4 Å². The molecular weight excluding hydrogens is 399 g/mol. The fraction of sp³-hybridized carbons (Fsp3) is 0.500. The van der Waals surface area contributed by atoms with Crippen molar-refractivity contribution < 1.29 is 9.13 Å². The van der Waals surface area contributed by atoms with Gasteiger partial charge in [-0.2, -0.15) is 0 Å². The second-order valence-corrected chi connectivity index (χ2v) is 9.68. The van der Waals surface area contributed by atoms with E-state index in [1.807, 2.05) is 18.7 Å². The van der Waals surface area contributed by atoms with Crippen LogP contribution in [0.15, 0.2) is 42.6 Å². The standard InChI is InChI=1S/C28H34FN2O/c1-3-20-17-30-28(27(29)26(20)23-9-10-23)31-16-15-19(2)25(31)18-32-24-13-11-22(12-14-24)21-7-5-4-6-8-21/h4-10,17,19,22,24-25H,3,11-16,18H2,1-2H3/t19-,22?,24?,25-/m0/s1. The molecule has 4 heteroatoms. The van der Waals surface area contributed by atoms with Crippen LogP contribution in [0.1, 0.15) is 68.6 Å². The molecule has 0 amide bonds. The van der Waals surface area contributed by atoms with Gasteiger partial charge in [0.25, 0.3) is 0 Å². The number of rotatable bonds is 7. The molecular formula is C28H34FN2O. The van der Waals surface area contributed by atoms with Crippen LogP contribution >= 0.6 is 0 Å². The maximum Gasteiger partial charge on any atom is 0.173 e. The van der Waals surface area contributed by atoms with Crippen molar-refractivity contribution >= 4 is 11.4 Å². The van der Waals surface area contributed by atoms with Gasteiger partial charge in [0, 0.05) is 24.7 Å². The van der Waals surface area contributed by atoms with Crippen LogP contribution in [0.3, 0.4) is 0 Å². The Labute approximate surface area is 191 Å². The maximum absolute atomic E-state index is 15.6. The Bertz CT molecular complexity index is 965. The summed E-state index contributed by atoms with van der Waals surface area (Å²) in [7, 11) is 0. The van der Waals surface area contributed by atoms with Crippen molar-refractivity contribution in [3.63, 3.8) is 0 Å². The lowest BCUT2D eigenvalue weighted by Crippen LogP contribution is -2.39. The predicted molar refractivity (Wildman–Crippen MR) is 128 cm³/mol. The quantitative estimate of drug-likeness (QED) is 0.509. The SMILES string of the molecule is CCc1cnc(N2CC[C@H](C)[C@@H]2COC2CCC(c3ccccc3)CC2)c(F)c1C1=C[CH]1. The van der Waals surface area contributed by atoms with Crippen molar-refractivity contribution in [3.05, 3.63) is 71.5 Å². The monoisotopic (exact) mass is 433 g/mol. The first kappa shape index (κ1) is 21.6. The van der Waals surface area contributed by atoms with Gasteiger partial charge >= 0.3 is 0 Å². The van der Waals surface area contributed by atoms with E-state index in [0.717, 1.165) is 48.9 Å². The number of aryl methyl sites for hydroxylation is 1. The fourth-order valence-corrected chi connectivity index (χ4v) is 5.55. The van der Waals surface area contributed by atoms with Crippen LogP contribution in [0.4, 0.5) is 10.2 Å². The molecule has 5 rings (SSSR count). The summed E-state index contributed by atoms with van der Waals surface area (Å²) in [6.45, 7) is 5.82. The largest absolute Gasteiger partial charge is 0.376 e. The zero-order valence-corrected chi connectivity index (χ0v) is 19.3. The number of allylic oxidation sites excluding steroid dienone is 2. The summed E-state index contributed by atoms with van der Waals surface area (Å²) in [6, 6.07) is 11.0. The Kier molecular flexibility index (Phi) is 6.32. The average Bonchev–Trinajstić information content (AvgIpc) is 3.61. The second-order valence-electron chi connectivity index (χ2n) is 9.68. The molecule has 2 fully saturated rings. The average molecular weight is 434 g/mol. The molecule has 2 aliphatic carbocycles. The lowest BCUT2D eigenvalue weighted by molar-refractivity contribution is 0.0133. The predicted octanol–water partition coefficient (Wildman–Crippen LogP) is 6.34. The number of hydrogen-bond donors (Lipinski definition) is 0. The molecule has 1 aromatic heterocycles. The number of anilines is 1. The van der Waals surface area contributed by atoms with Gasteiger partial charge in [0.2, 0.25) is 0 Å². The molecule has 0 unspecified atom stereocenters. The number of hydrogen-bond acceptors (Lipinski definition) is 3. The Hall–Kier alpha value is -2.20. The summed E-state index contributed by atoms with van der Waals surface area (Å²) in [5, 5.41) is 0. The van der Waals surface area contributed by atoms with Crippen LogP contribution in [-0.4, -0.2) is 30.3 Å². The van der Waals surface area contributed by atoms with Crippen LogP contribution in [0.2, 0.25) is 0 Å². The first-order valence-electron chi connectivity index (χ1n) is 12.3. The molecule has 1 saturated carbocycles. The number of halogens is 1. The number of benzene rings is 1. The summed E-state index contributed by atoms with van der Waals surface area (Å²) in [6.07, 6.45) is 12.6. The van der Waals surface area contributed by atoms with Gasteiger partial charge in [-0.25, -0.2) is 9.37 Å². The van der Waals surface area contributed by atoms with Gasteiger partial charge < -0.3 is 9.64 Å². The highest BCUT2D eigenvalue weighted by molar-refractivity contribution is 5.89. The van der Waals surface area contributed by atoms with Gasteiger partial charge in [0.1, 0.15) is 0 Å². The minimum atomic E-state index is -0.160. The Morgan fingerprint density at radius 3 is 2.53 bits per heavy atom. The smallest absolute Gasteiger partial charge is 0.173 e. The molecule has 0 bridgehead atoms. The molecule has 1 aromatic carbocycles. The second kappa shape index (κ2) is 9.35. The Morgan fingerprint density at radius 2 is 1.84 bits per heavy atom. The summed E-state index contributed by atoms with van der Waals surface area (Å²) >= 11 is 0. The minimum Gasteiger partial charge on any atom is -0.376 e. The van der Waals surface area contributed by atoms with Crippen LogP contribution in [-0.2, 0) is 11.2 Å². The molecule has 3 nitrogen and oxygen atoms in total. The number of ether oxygens (including phenoxy) is 1. The van der Waals surface area contributed by atoms with Crippen molar-refractivity contribution in [2.24, 2.45) is 5.92 Å². The van der Waals surface area contributed by atoms with Crippen molar-refractivity contribution in [2.45, 2.75) is 70.4 Å². The zero-order valence-electron chi connectivity index (χ0n) is 19.3. The molecule has 0 N–H and O–H groups in total. The van der Waals surface area contributed by atoms with E-state index in [1.165, 1.54) is 18.4 Å². The highest BCUT2D eigenvalue weighted by Crippen LogP contribution is 2.39. The highest BCUT2D eigenvalue weighted by Gasteiger charge is 2.36. The van der Waals surface area contributed by atoms with Crippen molar-refractivity contribution in [1.82, 2.24) is 4.98 Å². The lowest BCUT2D eigenvalue weighted by atomic mass is 9.83. The normalized spacial score (nSPS) is 27.5. The van der Waals surface area contributed by atoms with E-state index in [9.17, 15) is 0 Å². The molecule has 2 atom stereocenters. The van der Waals surface area contributed by atoms with E-state index in [2.05, 4.69) is 54.1 Å². The number of aromatic nitrogens is 1. The molecule has 2 aromatic rings. The fourth-order valence-electron chi connectivity index (χ4n) is 5.55. The molecule has 1 saturated heterocycles. The maximum atomic E-state index is 15.6. The van der Waals surface area contributed by atoms with Crippen molar-refractivity contribution in [1.29, 1.82) is 0 Å². The Morgan fingerprint density at radius 1 is 1.09 bits per heavy atom. The van der Waals surface area contributed by atoms with Gasteiger partial charge in [-0.15, -0.1) is 0 Å². The number of nitrogens with zero attached hydrogens (tertiary/aromatic N) is 2. The van der Waals surface area contributed by atoms with E-state index in [4.69, 9.17) is 4.74 Å². The van der Waals surface area contributed by atoms with Gasteiger partial charge in [0.15, 0.2) is 11.6 Å². The van der Waals surface area contributed by atoms with E-state index in [1.54, 1.807) is 0 Å². The van der Waals surface area contributed by atoms with E-state index < -0.39 is 0 Å². The molecule has 1 radical (unpaired) electrons. The van der Waals surface area contributed by atoms with E-state index >= 15 is 4.39 Å². The first-order chi connectivity index (χ1) is 15.7. The summed E-state index contributed by atoms with van der Waals surface area (Å²) in [5.74, 6) is 1.47. The molecule has 32 heavy (non-hydrogen) atoms. The van der Waals surface area contributed by atoms with Crippen molar-refractivity contribution in [2.75, 3.05) is 18.1 Å². The summed E-state index contributed by atoms with van der Waals surface area (Å²) in [5.41, 5.74) is 4.20. The first-order valence-corrected chi connectivity index (χ1v) is 12.3. The van der Waals surface area contributed by atoms with Crippen LogP contribution < -0.4 is 4.90 Å². The van der Waals surface area contributed by atoms with Crippen LogP contribution in [0.25, 0.3) is 5.57 Å². The van der Waals surface area contributed by atoms with Crippen LogP contribution in [0.5, 0.6) is 0 Å². The van der Waals surface area contributed by atoms with Crippen molar-refractivity contribution in [3.8, 4) is 0 Å². The third-order valence-corrected chi connectivity index (χ3v) is 7.68. The molecule has 0 spiro atoms. The van der Waals surface area contributed by atoms with Gasteiger partial charge in [-0.05, 0) is 67.1 Å². The van der Waals surface area contributed by atoms with E-state index in [-0.39, 0.29) is 11.9 Å². The van der Waals surface area contributed by atoms with E-state index in [0.29, 0.717) is 30.4 Å².